The fourth-order valence-corrected chi connectivity index (χ4v) is 3.24. The molecule has 0 unspecified atom stereocenters. The average molecular weight is 396 g/mol. The van der Waals surface area contributed by atoms with Crippen molar-refractivity contribution >= 4 is 23.3 Å². The highest BCUT2D eigenvalue weighted by Gasteiger charge is 2.24. The second-order valence-electron chi connectivity index (χ2n) is 6.45. The van der Waals surface area contributed by atoms with Crippen LogP contribution in [0.5, 0.6) is 0 Å². The van der Waals surface area contributed by atoms with Gasteiger partial charge >= 0.3 is 5.82 Å². The van der Waals surface area contributed by atoms with E-state index >= 15 is 0 Å². The predicted molar refractivity (Wildman–Crippen MR) is 96.9 cm³/mol. The van der Waals surface area contributed by atoms with Crippen LogP contribution in [0.3, 0.4) is 0 Å². The van der Waals surface area contributed by atoms with Crippen LogP contribution in [0.1, 0.15) is 11.3 Å². The van der Waals surface area contributed by atoms with Gasteiger partial charge in [0.25, 0.3) is 0 Å². The summed E-state index contributed by atoms with van der Waals surface area (Å²) in [5.41, 5.74) is 1.41. The van der Waals surface area contributed by atoms with Gasteiger partial charge in [0, 0.05) is 37.7 Å². The van der Waals surface area contributed by atoms with Crippen LogP contribution in [0.4, 0.5) is 10.2 Å². The van der Waals surface area contributed by atoms with Crippen LogP contribution in [-0.2, 0) is 17.9 Å². The van der Waals surface area contributed by atoms with E-state index in [1.807, 2.05) is 0 Å². The number of hydrogen-bond acceptors (Lipinski definition) is 5. The molecule has 0 spiro atoms. The summed E-state index contributed by atoms with van der Waals surface area (Å²) < 4.78 is 14.5. The number of benzene rings is 1. The molecule has 3 rings (SSSR count). The third-order valence-corrected chi connectivity index (χ3v) is 4.93. The number of hydrogen-bond donors (Lipinski definition) is 0. The fourth-order valence-electron chi connectivity index (χ4n) is 3.02. The highest BCUT2D eigenvalue weighted by atomic mass is 35.5. The first-order chi connectivity index (χ1) is 12.8. The van der Waals surface area contributed by atoms with Gasteiger partial charge in [0.2, 0.25) is 5.91 Å². The number of nitrogens with zero attached hydrogens (tertiary/aromatic N) is 5. The van der Waals surface area contributed by atoms with E-state index in [0.29, 0.717) is 43.4 Å². The Balaban J connectivity index is 1.54. The summed E-state index contributed by atoms with van der Waals surface area (Å²) in [6, 6.07) is 5.69. The molecule has 1 aromatic carbocycles. The van der Waals surface area contributed by atoms with Crippen LogP contribution in [0, 0.1) is 22.9 Å². The molecule has 2 aromatic rings. The maximum Gasteiger partial charge on any atom is 0.390 e. The summed E-state index contributed by atoms with van der Waals surface area (Å²) >= 11 is 6.07. The molecule has 1 fully saturated rings. The molecule has 0 N–H and O–H groups in total. The second kappa shape index (κ2) is 8.01. The van der Waals surface area contributed by atoms with Gasteiger partial charge in [-0.1, -0.05) is 17.7 Å². The number of carbonyl (C=O) groups excluding carboxylic acids is 1. The zero-order chi connectivity index (χ0) is 19.6. The molecular weight excluding hydrogens is 377 g/mol. The Kier molecular flexibility index (Phi) is 5.71. The van der Waals surface area contributed by atoms with E-state index in [2.05, 4.69) is 10.00 Å². The summed E-state index contributed by atoms with van der Waals surface area (Å²) in [5.74, 6) is -0.759. The lowest BCUT2D eigenvalue weighted by Gasteiger charge is -2.34. The number of carbonyl (C=O) groups is 1. The van der Waals surface area contributed by atoms with Gasteiger partial charge in [-0.25, -0.2) is 4.39 Å². The first-order valence-electron chi connectivity index (χ1n) is 8.46. The molecule has 27 heavy (non-hydrogen) atoms. The molecule has 8 nitrogen and oxygen atoms in total. The lowest BCUT2D eigenvalue weighted by Crippen LogP contribution is -2.49. The normalized spacial score (nSPS) is 15.1. The summed E-state index contributed by atoms with van der Waals surface area (Å²) in [6.45, 7) is 4.65. The lowest BCUT2D eigenvalue weighted by atomic mass is 10.2. The number of aromatic nitrogens is 2. The minimum Gasteiger partial charge on any atom is -0.358 e. The molecule has 0 saturated carbocycles. The Hall–Kier alpha value is -2.52. The SMILES string of the molecule is Cc1cc([N+](=O)[O-])nn1CC(=O)N1CCN(Cc2ccc(F)cc2Cl)CC1. The Bertz CT molecular complexity index is 864. The van der Waals surface area contributed by atoms with E-state index in [1.54, 1.807) is 17.9 Å². The third-order valence-electron chi connectivity index (χ3n) is 4.57. The Morgan fingerprint density at radius 1 is 1.30 bits per heavy atom. The molecule has 1 aliphatic rings. The molecule has 1 aromatic heterocycles. The van der Waals surface area contributed by atoms with Gasteiger partial charge in [-0.2, -0.15) is 4.68 Å². The highest BCUT2D eigenvalue weighted by molar-refractivity contribution is 6.31. The van der Waals surface area contributed by atoms with E-state index in [-0.39, 0.29) is 24.1 Å². The number of nitro groups is 1. The molecule has 144 valence electrons. The number of halogens is 2. The topological polar surface area (TPSA) is 84.5 Å². The van der Waals surface area contributed by atoms with Crippen LogP contribution in [0.25, 0.3) is 0 Å². The molecular formula is C17H19ClFN5O3. The standard InChI is InChI=1S/C17H19ClFN5O3/c1-12-8-16(24(26)27)20-23(12)11-17(25)22-6-4-21(5-7-22)10-13-2-3-14(19)9-15(13)18/h2-3,8-9H,4-7,10-11H2,1H3. The van der Waals surface area contributed by atoms with Gasteiger partial charge in [-0.3, -0.25) is 9.69 Å². The van der Waals surface area contributed by atoms with Crippen LogP contribution < -0.4 is 0 Å². The molecule has 1 saturated heterocycles. The molecule has 0 aliphatic carbocycles. The lowest BCUT2D eigenvalue weighted by molar-refractivity contribution is -0.389. The molecule has 1 aliphatic heterocycles. The van der Waals surface area contributed by atoms with Crippen LogP contribution in [-0.4, -0.2) is 56.6 Å². The summed E-state index contributed by atoms with van der Waals surface area (Å²) in [6.07, 6.45) is 0. The van der Waals surface area contributed by atoms with E-state index in [4.69, 9.17) is 11.6 Å². The summed E-state index contributed by atoms with van der Waals surface area (Å²) in [7, 11) is 0. The zero-order valence-electron chi connectivity index (χ0n) is 14.8. The highest BCUT2D eigenvalue weighted by Crippen LogP contribution is 2.20. The van der Waals surface area contributed by atoms with Crippen molar-refractivity contribution in [3.05, 3.63) is 56.5 Å². The Morgan fingerprint density at radius 2 is 2.00 bits per heavy atom. The van der Waals surface area contributed by atoms with Gasteiger partial charge in [0.15, 0.2) is 0 Å². The van der Waals surface area contributed by atoms with Crippen LogP contribution >= 0.6 is 11.6 Å². The van der Waals surface area contributed by atoms with Crippen molar-refractivity contribution < 1.29 is 14.1 Å². The third kappa shape index (κ3) is 4.61. The number of amides is 1. The van der Waals surface area contributed by atoms with Gasteiger partial charge < -0.3 is 15.0 Å². The van der Waals surface area contributed by atoms with E-state index in [9.17, 15) is 19.3 Å². The molecule has 2 heterocycles. The van der Waals surface area contributed by atoms with Crippen LogP contribution in [0.2, 0.25) is 5.02 Å². The number of aryl methyl sites for hydroxylation is 1. The largest absolute Gasteiger partial charge is 0.390 e. The Labute approximate surface area is 160 Å². The molecule has 0 radical (unpaired) electrons. The summed E-state index contributed by atoms with van der Waals surface area (Å²) in [5, 5.41) is 15.0. The van der Waals surface area contributed by atoms with Gasteiger partial charge in [0.05, 0.1) is 16.9 Å². The molecule has 1 amide bonds. The van der Waals surface area contributed by atoms with Crippen molar-refractivity contribution in [2.45, 2.75) is 20.0 Å². The van der Waals surface area contributed by atoms with Crippen molar-refractivity contribution in [3.8, 4) is 0 Å². The first kappa shape index (κ1) is 19.2. The quantitative estimate of drug-likeness (QED) is 0.572. The maximum absolute atomic E-state index is 13.1. The van der Waals surface area contributed by atoms with Crippen molar-refractivity contribution in [2.75, 3.05) is 26.2 Å². The van der Waals surface area contributed by atoms with E-state index < -0.39 is 4.92 Å². The Morgan fingerprint density at radius 3 is 2.59 bits per heavy atom. The second-order valence-corrected chi connectivity index (χ2v) is 6.86. The van der Waals surface area contributed by atoms with E-state index in [0.717, 1.165) is 5.56 Å². The number of piperazine rings is 1. The first-order valence-corrected chi connectivity index (χ1v) is 8.84. The van der Waals surface area contributed by atoms with Gasteiger partial charge in [-0.15, -0.1) is 0 Å². The van der Waals surface area contributed by atoms with Gasteiger partial charge in [0.1, 0.15) is 12.4 Å². The average Bonchev–Trinajstić information content (AvgIpc) is 2.99. The zero-order valence-corrected chi connectivity index (χ0v) is 15.5. The van der Waals surface area contributed by atoms with Crippen LogP contribution in [0.15, 0.2) is 24.3 Å². The van der Waals surface area contributed by atoms with Crippen molar-refractivity contribution in [1.29, 1.82) is 0 Å². The van der Waals surface area contributed by atoms with Crippen molar-refractivity contribution in [1.82, 2.24) is 19.6 Å². The maximum atomic E-state index is 13.1. The minimum atomic E-state index is -0.576. The fraction of sp³-hybridized carbons (Fsp3) is 0.412. The summed E-state index contributed by atoms with van der Waals surface area (Å²) in [4.78, 5) is 26.5. The smallest absolute Gasteiger partial charge is 0.358 e. The predicted octanol–water partition coefficient (Wildman–Crippen LogP) is 2.24. The minimum absolute atomic E-state index is 0.0243. The van der Waals surface area contributed by atoms with E-state index in [1.165, 1.54) is 22.9 Å². The van der Waals surface area contributed by atoms with Crippen molar-refractivity contribution in [2.24, 2.45) is 0 Å². The van der Waals surface area contributed by atoms with Gasteiger partial charge in [-0.05, 0) is 29.5 Å². The van der Waals surface area contributed by atoms with Crippen molar-refractivity contribution in [3.63, 3.8) is 0 Å². The molecule has 10 heteroatoms. The molecule has 0 atom stereocenters. The number of rotatable bonds is 5. The molecule has 0 bridgehead atoms. The monoisotopic (exact) mass is 395 g/mol.